The van der Waals surface area contributed by atoms with Gasteiger partial charge >= 0.3 is 12.0 Å². The molecule has 0 saturated carbocycles. The van der Waals surface area contributed by atoms with Gasteiger partial charge in [0.1, 0.15) is 5.01 Å². The van der Waals surface area contributed by atoms with E-state index in [2.05, 4.69) is 4.98 Å². The third-order valence-electron chi connectivity index (χ3n) is 3.51. The number of hydrogen-bond donors (Lipinski definition) is 2. The fraction of sp³-hybridized carbons (Fsp3) is 0.333. The van der Waals surface area contributed by atoms with E-state index < -0.39 is 24.0 Å². The molecule has 3 N–H and O–H groups in total. The lowest BCUT2D eigenvalue weighted by molar-refractivity contribution is -0.157. The second kappa shape index (κ2) is 8.57. The summed E-state index contributed by atoms with van der Waals surface area (Å²) < 4.78 is 5.22. The van der Waals surface area contributed by atoms with E-state index in [0.29, 0.717) is 5.69 Å². The van der Waals surface area contributed by atoms with Crippen molar-refractivity contribution in [1.82, 2.24) is 10.3 Å². The molecule has 3 amide bonds. The van der Waals surface area contributed by atoms with E-state index in [1.54, 1.807) is 19.2 Å². The van der Waals surface area contributed by atoms with Crippen molar-refractivity contribution >= 4 is 29.2 Å². The highest BCUT2D eigenvalue weighted by molar-refractivity contribution is 7.13. The van der Waals surface area contributed by atoms with Crippen molar-refractivity contribution in [2.24, 2.45) is 11.7 Å². The van der Waals surface area contributed by atoms with Crippen LogP contribution >= 0.6 is 11.3 Å². The molecule has 2 rings (SSSR count). The van der Waals surface area contributed by atoms with Gasteiger partial charge in [-0.15, -0.1) is 11.3 Å². The second-order valence-corrected chi connectivity index (χ2v) is 7.06. The Bertz CT molecular complexity index is 816. The number of esters is 1. The Morgan fingerprint density at radius 3 is 2.65 bits per heavy atom. The van der Waals surface area contributed by atoms with Crippen LogP contribution in [0.4, 0.5) is 4.79 Å². The number of carbonyl (C=O) groups is 3. The number of rotatable bonds is 6. The van der Waals surface area contributed by atoms with E-state index >= 15 is 0 Å². The first-order valence-corrected chi connectivity index (χ1v) is 8.95. The topological polar surface area (TPSA) is 111 Å². The lowest BCUT2D eigenvalue weighted by atomic mass is 10.1. The molecule has 7 nitrogen and oxygen atoms in total. The lowest BCUT2D eigenvalue weighted by Gasteiger charge is -2.19. The van der Waals surface area contributed by atoms with Crippen LogP contribution in [-0.4, -0.2) is 29.0 Å². The van der Waals surface area contributed by atoms with E-state index in [4.69, 9.17) is 10.5 Å². The Kier molecular flexibility index (Phi) is 6.46. The fourth-order valence-electron chi connectivity index (χ4n) is 2.31. The number of thiazole rings is 1. The summed E-state index contributed by atoms with van der Waals surface area (Å²) in [5, 5.41) is 4.53. The van der Waals surface area contributed by atoms with Crippen LogP contribution in [0.5, 0.6) is 0 Å². The van der Waals surface area contributed by atoms with Gasteiger partial charge in [-0.25, -0.2) is 9.78 Å². The molecule has 1 heterocycles. The monoisotopic (exact) mass is 375 g/mol. The average molecular weight is 375 g/mol. The lowest BCUT2D eigenvalue weighted by Crippen LogP contribution is -2.45. The number of aryl methyl sites for hydroxylation is 1. The molecule has 138 valence electrons. The van der Waals surface area contributed by atoms with E-state index in [0.717, 1.165) is 16.1 Å². The molecule has 0 saturated heterocycles. The van der Waals surface area contributed by atoms with Gasteiger partial charge in [0, 0.05) is 10.9 Å². The molecule has 0 radical (unpaired) electrons. The van der Waals surface area contributed by atoms with Gasteiger partial charge in [-0.05, 0) is 18.9 Å². The highest BCUT2D eigenvalue weighted by Gasteiger charge is 2.27. The summed E-state index contributed by atoms with van der Waals surface area (Å²) in [5.74, 6) is -1.64. The minimum atomic E-state index is -1.09. The summed E-state index contributed by atoms with van der Waals surface area (Å²) in [4.78, 5) is 39.3. The largest absolute Gasteiger partial charge is 0.452 e. The third kappa shape index (κ3) is 5.38. The van der Waals surface area contributed by atoms with Crippen LogP contribution in [0.25, 0.3) is 10.6 Å². The number of primary amides is 1. The van der Waals surface area contributed by atoms with Gasteiger partial charge in [-0.1, -0.05) is 37.6 Å². The SMILES string of the molecule is Cc1cccc(-c2nc(CC(=O)O[C@@H](C(=O)NC(N)=O)C(C)C)cs2)c1. The second-order valence-electron chi connectivity index (χ2n) is 6.20. The van der Waals surface area contributed by atoms with Crippen LogP contribution in [0.15, 0.2) is 29.6 Å². The normalized spacial score (nSPS) is 11.8. The zero-order valence-corrected chi connectivity index (χ0v) is 15.6. The number of nitrogens with two attached hydrogens (primary N) is 1. The summed E-state index contributed by atoms with van der Waals surface area (Å²) in [6, 6.07) is 6.93. The summed E-state index contributed by atoms with van der Waals surface area (Å²) in [5.41, 5.74) is 7.60. The predicted molar refractivity (Wildman–Crippen MR) is 98.4 cm³/mol. The molecule has 0 aliphatic rings. The summed E-state index contributed by atoms with van der Waals surface area (Å²) >= 11 is 1.43. The molecular weight excluding hydrogens is 354 g/mol. The van der Waals surface area contributed by atoms with Crippen LogP contribution < -0.4 is 11.1 Å². The molecule has 0 aliphatic carbocycles. The zero-order chi connectivity index (χ0) is 19.3. The van der Waals surface area contributed by atoms with Gasteiger partial charge in [0.25, 0.3) is 5.91 Å². The molecular formula is C18H21N3O4S. The molecule has 1 aromatic carbocycles. The van der Waals surface area contributed by atoms with Gasteiger partial charge in [-0.2, -0.15) is 0 Å². The van der Waals surface area contributed by atoms with Gasteiger partial charge in [0.15, 0.2) is 6.10 Å². The summed E-state index contributed by atoms with van der Waals surface area (Å²) in [6.45, 7) is 5.41. The molecule has 1 aromatic heterocycles. The highest BCUT2D eigenvalue weighted by atomic mass is 32.1. The van der Waals surface area contributed by atoms with Gasteiger partial charge < -0.3 is 10.5 Å². The van der Waals surface area contributed by atoms with Crippen molar-refractivity contribution in [1.29, 1.82) is 0 Å². The van der Waals surface area contributed by atoms with Crippen LogP contribution in [0, 0.1) is 12.8 Å². The van der Waals surface area contributed by atoms with Crippen molar-refractivity contribution in [2.75, 3.05) is 0 Å². The van der Waals surface area contributed by atoms with E-state index in [1.807, 2.05) is 36.5 Å². The first-order valence-electron chi connectivity index (χ1n) is 8.07. The van der Waals surface area contributed by atoms with Crippen molar-refractivity contribution in [3.8, 4) is 10.6 Å². The van der Waals surface area contributed by atoms with Crippen LogP contribution in [0.2, 0.25) is 0 Å². The standard InChI is InChI=1S/C18H21N3O4S/c1-10(2)15(16(23)21-18(19)24)25-14(22)8-13-9-26-17(20-13)12-6-4-5-11(3)7-12/h4-7,9-10,15H,8H2,1-3H3,(H3,19,21,23,24)/t15-/m1/s1. The maximum absolute atomic E-state index is 12.2. The Morgan fingerprint density at radius 2 is 2.04 bits per heavy atom. The van der Waals surface area contributed by atoms with Crippen LogP contribution in [0.3, 0.4) is 0 Å². The maximum atomic E-state index is 12.2. The molecule has 0 unspecified atom stereocenters. The third-order valence-corrected chi connectivity index (χ3v) is 4.45. The van der Waals surface area contributed by atoms with Gasteiger partial charge in [0.2, 0.25) is 0 Å². The number of nitrogens with one attached hydrogen (secondary N) is 1. The molecule has 0 spiro atoms. The predicted octanol–water partition coefficient (Wildman–Crippen LogP) is 2.42. The zero-order valence-electron chi connectivity index (χ0n) is 14.8. The Hall–Kier alpha value is -2.74. The van der Waals surface area contributed by atoms with Crippen molar-refractivity contribution in [2.45, 2.75) is 33.3 Å². The molecule has 0 aliphatic heterocycles. The van der Waals surface area contributed by atoms with Crippen molar-refractivity contribution in [3.63, 3.8) is 0 Å². The number of carbonyl (C=O) groups excluding carboxylic acids is 3. The molecule has 0 fully saturated rings. The molecule has 8 heteroatoms. The minimum absolute atomic E-state index is 0.0601. The van der Waals surface area contributed by atoms with Crippen molar-refractivity contribution in [3.05, 3.63) is 40.9 Å². The molecule has 26 heavy (non-hydrogen) atoms. The Balaban J connectivity index is 2.03. The highest BCUT2D eigenvalue weighted by Crippen LogP contribution is 2.24. The Labute approximate surface area is 155 Å². The number of hydrogen-bond acceptors (Lipinski definition) is 6. The smallest absolute Gasteiger partial charge is 0.318 e. The quantitative estimate of drug-likeness (QED) is 0.753. The number of nitrogens with zero attached hydrogens (tertiary/aromatic N) is 1. The number of ether oxygens (including phenoxy) is 1. The summed E-state index contributed by atoms with van der Waals surface area (Å²) in [7, 11) is 0. The number of aromatic nitrogens is 1. The molecule has 2 aromatic rings. The van der Waals surface area contributed by atoms with Crippen LogP contribution in [-0.2, 0) is 20.7 Å². The number of amides is 3. The average Bonchev–Trinajstić information content (AvgIpc) is 3.00. The van der Waals surface area contributed by atoms with Crippen molar-refractivity contribution < 1.29 is 19.1 Å². The van der Waals surface area contributed by atoms with Gasteiger partial charge in [-0.3, -0.25) is 14.9 Å². The first-order chi connectivity index (χ1) is 12.3. The minimum Gasteiger partial charge on any atom is -0.452 e. The fourth-order valence-corrected chi connectivity index (χ4v) is 3.13. The molecule has 0 bridgehead atoms. The van der Waals surface area contributed by atoms with E-state index in [-0.39, 0.29) is 12.3 Å². The number of urea groups is 1. The maximum Gasteiger partial charge on any atom is 0.318 e. The van der Waals surface area contributed by atoms with Crippen LogP contribution in [0.1, 0.15) is 25.1 Å². The number of benzene rings is 1. The van der Waals surface area contributed by atoms with Gasteiger partial charge in [0.05, 0.1) is 12.1 Å². The Morgan fingerprint density at radius 1 is 1.31 bits per heavy atom. The van der Waals surface area contributed by atoms with E-state index in [1.165, 1.54) is 11.3 Å². The first kappa shape index (κ1) is 19.6. The number of imide groups is 1. The summed E-state index contributed by atoms with van der Waals surface area (Å²) in [6.07, 6.45) is -1.15. The molecule has 1 atom stereocenters. The van der Waals surface area contributed by atoms with E-state index in [9.17, 15) is 14.4 Å².